The molecule has 6 heteroatoms. The zero-order valence-electron chi connectivity index (χ0n) is 11.5. The smallest absolute Gasteiger partial charge is 0.325 e. The van der Waals surface area contributed by atoms with Gasteiger partial charge >= 0.3 is 5.97 Å². The van der Waals surface area contributed by atoms with Crippen LogP contribution in [-0.4, -0.2) is 26.8 Å². The number of carbonyl (C=O) groups is 2. The van der Waals surface area contributed by atoms with Crippen LogP contribution >= 0.6 is 0 Å². The van der Waals surface area contributed by atoms with Gasteiger partial charge in [-0.05, 0) is 18.6 Å². The number of nitrogens with zero attached hydrogens (tertiary/aromatic N) is 2. The molecule has 0 aliphatic heterocycles. The van der Waals surface area contributed by atoms with Gasteiger partial charge in [-0.1, -0.05) is 29.8 Å². The Morgan fingerprint density at radius 1 is 1.33 bits per heavy atom. The van der Waals surface area contributed by atoms with Crippen LogP contribution in [0.25, 0.3) is 6.08 Å². The first-order valence-electron chi connectivity index (χ1n) is 6.33. The monoisotopic (exact) mass is 285 g/mol. The summed E-state index contributed by atoms with van der Waals surface area (Å²) in [6.07, 6.45) is 5.99. The zero-order valence-corrected chi connectivity index (χ0v) is 11.5. The van der Waals surface area contributed by atoms with Gasteiger partial charge in [0.15, 0.2) is 0 Å². The molecule has 1 amide bonds. The molecule has 1 aromatic carbocycles. The van der Waals surface area contributed by atoms with E-state index in [9.17, 15) is 9.59 Å². The van der Waals surface area contributed by atoms with Gasteiger partial charge in [0, 0.05) is 12.3 Å². The zero-order chi connectivity index (χ0) is 15.2. The lowest BCUT2D eigenvalue weighted by Crippen LogP contribution is -2.09. The predicted octanol–water partition coefficient (Wildman–Crippen LogP) is 1.93. The summed E-state index contributed by atoms with van der Waals surface area (Å²) in [7, 11) is 0. The lowest BCUT2D eigenvalue weighted by molar-refractivity contribution is -0.137. The van der Waals surface area contributed by atoms with E-state index in [2.05, 4.69) is 10.4 Å². The molecule has 0 atom stereocenters. The summed E-state index contributed by atoms with van der Waals surface area (Å²) >= 11 is 0. The van der Waals surface area contributed by atoms with Crippen molar-refractivity contribution in [1.82, 2.24) is 9.78 Å². The van der Waals surface area contributed by atoms with Crippen molar-refractivity contribution in [2.24, 2.45) is 0 Å². The molecule has 0 aliphatic carbocycles. The molecule has 2 rings (SSSR count). The molecule has 2 aromatic rings. The highest BCUT2D eigenvalue weighted by Crippen LogP contribution is 2.07. The number of rotatable bonds is 5. The van der Waals surface area contributed by atoms with Crippen LogP contribution in [0.15, 0.2) is 42.7 Å². The van der Waals surface area contributed by atoms with Crippen molar-refractivity contribution < 1.29 is 14.7 Å². The molecular formula is C15H15N3O3. The van der Waals surface area contributed by atoms with Crippen molar-refractivity contribution in [1.29, 1.82) is 0 Å². The Morgan fingerprint density at radius 2 is 2.05 bits per heavy atom. The number of carboxylic acid groups (broad SMARTS) is 1. The van der Waals surface area contributed by atoms with Gasteiger partial charge in [0.2, 0.25) is 5.91 Å². The molecule has 21 heavy (non-hydrogen) atoms. The second-order valence-electron chi connectivity index (χ2n) is 4.55. The van der Waals surface area contributed by atoms with Crippen molar-refractivity contribution in [3.05, 3.63) is 53.9 Å². The van der Waals surface area contributed by atoms with E-state index in [1.165, 1.54) is 23.2 Å². The normalized spacial score (nSPS) is 10.7. The van der Waals surface area contributed by atoms with Gasteiger partial charge in [-0.2, -0.15) is 5.10 Å². The van der Waals surface area contributed by atoms with E-state index in [0.29, 0.717) is 5.69 Å². The Balaban J connectivity index is 1.93. The van der Waals surface area contributed by atoms with Crippen molar-refractivity contribution in [2.45, 2.75) is 13.5 Å². The fourth-order valence-electron chi connectivity index (χ4n) is 1.69. The van der Waals surface area contributed by atoms with E-state index in [4.69, 9.17) is 5.11 Å². The van der Waals surface area contributed by atoms with Crippen LogP contribution in [0.3, 0.4) is 0 Å². The molecule has 0 unspecified atom stereocenters. The van der Waals surface area contributed by atoms with Crippen LogP contribution in [0.2, 0.25) is 0 Å². The number of amides is 1. The average Bonchev–Trinajstić information content (AvgIpc) is 2.84. The molecule has 6 nitrogen and oxygen atoms in total. The van der Waals surface area contributed by atoms with E-state index in [1.54, 1.807) is 6.08 Å². The lowest BCUT2D eigenvalue weighted by atomic mass is 10.1. The van der Waals surface area contributed by atoms with Gasteiger partial charge in [-0.3, -0.25) is 14.3 Å². The maximum Gasteiger partial charge on any atom is 0.325 e. The Labute approximate surface area is 121 Å². The minimum atomic E-state index is -0.991. The number of aromatic nitrogens is 2. The van der Waals surface area contributed by atoms with E-state index < -0.39 is 5.97 Å². The Morgan fingerprint density at radius 3 is 2.71 bits per heavy atom. The van der Waals surface area contributed by atoms with E-state index >= 15 is 0 Å². The largest absolute Gasteiger partial charge is 0.480 e. The molecule has 0 radical (unpaired) electrons. The third-order valence-electron chi connectivity index (χ3n) is 2.70. The SMILES string of the molecule is Cc1ccc(/C=C/C(=O)Nc2cnn(CC(=O)O)c2)cc1. The molecule has 2 N–H and O–H groups in total. The van der Waals surface area contributed by atoms with Crippen LogP contribution < -0.4 is 5.32 Å². The first kappa shape index (κ1) is 14.5. The highest BCUT2D eigenvalue weighted by Gasteiger charge is 2.04. The lowest BCUT2D eigenvalue weighted by Gasteiger charge is -1.98. The Kier molecular flexibility index (Phi) is 4.50. The van der Waals surface area contributed by atoms with Crippen LogP contribution in [0, 0.1) is 6.92 Å². The summed E-state index contributed by atoms with van der Waals surface area (Å²) in [5, 5.41) is 15.1. The van der Waals surface area contributed by atoms with Crippen molar-refractivity contribution in [3.8, 4) is 0 Å². The van der Waals surface area contributed by atoms with E-state index in [1.807, 2.05) is 31.2 Å². The second-order valence-corrected chi connectivity index (χ2v) is 4.55. The summed E-state index contributed by atoms with van der Waals surface area (Å²) in [6, 6.07) is 7.77. The van der Waals surface area contributed by atoms with Crippen LogP contribution in [0.5, 0.6) is 0 Å². The number of aliphatic carboxylic acids is 1. The number of nitrogens with one attached hydrogen (secondary N) is 1. The number of hydrogen-bond acceptors (Lipinski definition) is 3. The van der Waals surface area contributed by atoms with Crippen LogP contribution in [0.4, 0.5) is 5.69 Å². The van der Waals surface area contributed by atoms with Gasteiger partial charge in [0.25, 0.3) is 0 Å². The predicted molar refractivity (Wildman–Crippen MR) is 78.7 cm³/mol. The fourth-order valence-corrected chi connectivity index (χ4v) is 1.69. The highest BCUT2D eigenvalue weighted by atomic mass is 16.4. The summed E-state index contributed by atoms with van der Waals surface area (Å²) < 4.78 is 1.24. The summed E-state index contributed by atoms with van der Waals surface area (Å²) in [5.74, 6) is -1.29. The minimum Gasteiger partial charge on any atom is -0.480 e. The molecule has 0 saturated heterocycles. The van der Waals surface area contributed by atoms with Crippen molar-refractivity contribution in [2.75, 3.05) is 5.32 Å². The van der Waals surface area contributed by atoms with Gasteiger partial charge < -0.3 is 10.4 Å². The van der Waals surface area contributed by atoms with Crippen LogP contribution in [-0.2, 0) is 16.1 Å². The molecule has 1 heterocycles. The van der Waals surface area contributed by atoms with Gasteiger partial charge in [-0.25, -0.2) is 0 Å². The summed E-state index contributed by atoms with van der Waals surface area (Å²) in [4.78, 5) is 22.3. The Bertz CT molecular complexity index is 672. The number of anilines is 1. The summed E-state index contributed by atoms with van der Waals surface area (Å²) in [6.45, 7) is 1.75. The number of hydrogen-bond donors (Lipinski definition) is 2. The third kappa shape index (κ3) is 4.61. The maximum atomic E-state index is 11.7. The Hall–Kier alpha value is -2.89. The molecule has 0 saturated carbocycles. The molecular weight excluding hydrogens is 270 g/mol. The first-order valence-corrected chi connectivity index (χ1v) is 6.33. The molecule has 108 valence electrons. The van der Waals surface area contributed by atoms with E-state index in [0.717, 1.165) is 11.1 Å². The average molecular weight is 285 g/mol. The number of benzene rings is 1. The number of aryl methyl sites for hydroxylation is 1. The topological polar surface area (TPSA) is 84.2 Å². The highest BCUT2D eigenvalue weighted by molar-refractivity contribution is 6.01. The molecule has 0 fully saturated rings. The molecule has 0 spiro atoms. The quantitative estimate of drug-likeness (QED) is 0.822. The second kappa shape index (κ2) is 6.51. The maximum absolute atomic E-state index is 11.7. The third-order valence-corrected chi connectivity index (χ3v) is 2.70. The van der Waals surface area contributed by atoms with Gasteiger partial charge in [0.1, 0.15) is 6.54 Å². The molecule has 1 aromatic heterocycles. The molecule has 0 bridgehead atoms. The summed E-state index contributed by atoms with van der Waals surface area (Å²) in [5.41, 5.74) is 2.54. The fraction of sp³-hybridized carbons (Fsp3) is 0.133. The van der Waals surface area contributed by atoms with Crippen LogP contribution in [0.1, 0.15) is 11.1 Å². The van der Waals surface area contributed by atoms with Crippen molar-refractivity contribution in [3.63, 3.8) is 0 Å². The standard InChI is InChI=1S/C15H15N3O3/c1-11-2-4-12(5-3-11)6-7-14(19)17-13-8-16-18(9-13)10-15(20)21/h2-9H,10H2,1H3,(H,17,19)(H,20,21)/b7-6+. The van der Waals surface area contributed by atoms with Gasteiger partial charge in [-0.15, -0.1) is 0 Å². The van der Waals surface area contributed by atoms with Gasteiger partial charge in [0.05, 0.1) is 11.9 Å². The number of carboxylic acids is 1. The molecule has 0 aliphatic rings. The van der Waals surface area contributed by atoms with Crippen molar-refractivity contribution >= 4 is 23.6 Å². The number of carbonyl (C=O) groups excluding carboxylic acids is 1. The minimum absolute atomic E-state index is 0.241. The van der Waals surface area contributed by atoms with E-state index in [-0.39, 0.29) is 12.5 Å². The first-order chi connectivity index (χ1) is 10.0.